The van der Waals surface area contributed by atoms with Gasteiger partial charge in [0.05, 0.1) is 13.2 Å². The van der Waals surface area contributed by atoms with Gasteiger partial charge in [0, 0.05) is 27.8 Å². The molecule has 5 nitrogen and oxygen atoms in total. The fourth-order valence-corrected chi connectivity index (χ4v) is 2.95. The second-order valence-corrected chi connectivity index (χ2v) is 7.09. The monoisotopic (exact) mass is 418 g/mol. The number of ketones is 1. The molecule has 2 rings (SSSR count). The van der Waals surface area contributed by atoms with E-state index in [2.05, 4.69) is 21.2 Å². The van der Waals surface area contributed by atoms with E-state index in [9.17, 15) is 9.59 Å². The first kappa shape index (κ1) is 20.1. The summed E-state index contributed by atoms with van der Waals surface area (Å²) in [6.07, 6.45) is 0. The van der Waals surface area contributed by atoms with Gasteiger partial charge in [-0.15, -0.1) is 0 Å². The van der Waals surface area contributed by atoms with Crippen molar-refractivity contribution < 1.29 is 14.3 Å². The van der Waals surface area contributed by atoms with Gasteiger partial charge in [-0.1, -0.05) is 28.1 Å². The molecule has 0 radical (unpaired) electrons. The summed E-state index contributed by atoms with van der Waals surface area (Å²) in [5.41, 5.74) is 2.17. The summed E-state index contributed by atoms with van der Waals surface area (Å²) in [7, 11) is 3.52. The van der Waals surface area contributed by atoms with Crippen LogP contribution in [-0.4, -0.2) is 36.8 Å². The summed E-state index contributed by atoms with van der Waals surface area (Å²) in [6, 6.07) is 12.4. The highest BCUT2D eigenvalue weighted by atomic mass is 79.9. The van der Waals surface area contributed by atoms with Crippen molar-refractivity contribution in [1.29, 1.82) is 0 Å². The zero-order valence-corrected chi connectivity index (χ0v) is 17.0. The lowest BCUT2D eigenvalue weighted by molar-refractivity contribution is -0.120. The Kier molecular flexibility index (Phi) is 6.94. The molecule has 2 aromatic rings. The lowest BCUT2D eigenvalue weighted by Gasteiger charge is -2.25. The highest BCUT2D eigenvalue weighted by Crippen LogP contribution is 2.24. The molecular formula is C20H23BrN2O3. The first-order valence-electron chi connectivity index (χ1n) is 8.26. The summed E-state index contributed by atoms with van der Waals surface area (Å²) >= 11 is 3.46. The number of hydrogen-bond donors (Lipinski definition) is 1. The molecule has 0 spiro atoms. The molecular weight excluding hydrogens is 396 g/mol. The number of benzene rings is 2. The quantitative estimate of drug-likeness (QED) is 0.686. The largest absolute Gasteiger partial charge is 0.496 e. The van der Waals surface area contributed by atoms with Crippen LogP contribution < -0.4 is 10.1 Å². The van der Waals surface area contributed by atoms with Crippen molar-refractivity contribution in [3.8, 4) is 5.75 Å². The van der Waals surface area contributed by atoms with E-state index in [1.165, 1.54) is 6.92 Å². The van der Waals surface area contributed by atoms with E-state index >= 15 is 0 Å². The average Bonchev–Trinajstić information content (AvgIpc) is 2.61. The maximum atomic E-state index is 12.6. The standard InChI is InChI=1S/C20H23BrN2O3/c1-13(20(25)22-18-7-5-6-15(11-18)14(2)24)23(3)12-16-10-17(21)8-9-19(16)26-4/h5-11,13H,12H2,1-4H3,(H,22,25)/t13-/m1/s1. The Morgan fingerprint density at radius 1 is 1.23 bits per heavy atom. The number of carbonyl (C=O) groups excluding carboxylic acids is 2. The van der Waals surface area contributed by atoms with Crippen molar-refractivity contribution in [2.75, 3.05) is 19.5 Å². The SMILES string of the molecule is COc1ccc(Br)cc1CN(C)[C@H](C)C(=O)Nc1cccc(C(C)=O)c1. The number of Topliss-reactive ketones (excluding diaryl/α,β-unsaturated/α-hetero) is 1. The third kappa shape index (κ3) is 5.16. The van der Waals surface area contributed by atoms with Gasteiger partial charge >= 0.3 is 0 Å². The Hall–Kier alpha value is -2.18. The number of nitrogens with zero attached hydrogens (tertiary/aromatic N) is 1. The number of amides is 1. The van der Waals surface area contributed by atoms with Crippen LogP contribution in [0.1, 0.15) is 29.8 Å². The number of ether oxygens (including phenoxy) is 1. The third-order valence-corrected chi connectivity index (χ3v) is 4.73. The average molecular weight is 419 g/mol. The van der Waals surface area contributed by atoms with Crippen LogP contribution in [0.15, 0.2) is 46.9 Å². The highest BCUT2D eigenvalue weighted by molar-refractivity contribution is 9.10. The van der Waals surface area contributed by atoms with Crippen LogP contribution in [0, 0.1) is 0 Å². The highest BCUT2D eigenvalue weighted by Gasteiger charge is 2.20. The van der Waals surface area contributed by atoms with Crippen LogP contribution in [0.4, 0.5) is 5.69 Å². The van der Waals surface area contributed by atoms with Gasteiger partial charge in [0.15, 0.2) is 5.78 Å². The van der Waals surface area contributed by atoms with E-state index in [1.807, 2.05) is 37.1 Å². The number of nitrogens with one attached hydrogen (secondary N) is 1. The number of hydrogen-bond acceptors (Lipinski definition) is 4. The topological polar surface area (TPSA) is 58.6 Å². The van der Waals surface area contributed by atoms with Crippen molar-refractivity contribution in [2.24, 2.45) is 0 Å². The van der Waals surface area contributed by atoms with Crippen LogP contribution >= 0.6 is 15.9 Å². The molecule has 1 N–H and O–H groups in total. The third-order valence-electron chi connectivity index (χ3n) is 4.24. The van der Waals surface area contributed by atoms with Gasteiger partial charge < -0.3 is 10.1 Å². The number of likely N-dealkylation sites (N-methyl/N-ethyl adjacent to an activating group) is 1. The van der Waals surface area contributed by atoms with Crippen LogP contribution in [0.25, 0.3) is 0 Å². The molecule has 0 fully saturated rings. The molecule has 0 aliphatic carbocycles. The summed E-state index contributed by atoms with van der Waals surface area (Å²) in [4.78, 5) is 26.0. The zero-order valence-electron chi connectivity index (χ0n) is 15.4. The molecule has 1 atom stereocenters. The summed E-state index contributed by atoms with van der Waals surface area (Å²) in [6.45, 7) is 3.90. The van der Waals surface area contributed by atoms with E-state index in [1.54, 1.807) is 31.4 Å². The Morgan fingerprint density at radius 2 is 1.96 bits per heavy atom. The number of carbonyl (C=O) groups is 2. The molecule has 0 aliphatic rings. The number of halogens is 1. The number of rotatable bonds is 7. The normalized spacial score (nSPS) is 11.9. The lowest BCUT2D eigenvalue weighted by Crippen LogP contribution is -2.39. The molecule has 0 saturated heterocycles. The van der Waals surface area contributed by atoms with Gasteiger partial charge in [-0.05, 0) is 51.2 Å². The van der Waals surface area contributed by atoms with Gasteiger partial charge in [0.2, 0.25) is 5.91 Å². The molecule has 0 bridgehead atoms. The molecule has 0 aromatic heterocycles. The molecule has 0 unspecified atom stereocenters. The second-order valence-electron chi connectivity index (χ2n) is 6.17. The maximum absolute atomic E-state index is 12.6. The molecule has 26 heavy (non-hydrogen) atoms. The van der Waals surface area contributed by atoms with Crippen LogP contribution in [0.3, 0.4) is 0 Å². The smallest absolute Gasteiger partial charge is 0.241 e. The van der Waals surface area contributed by atoms with E-state index in [-0.39, 0.29) is 17.7 Å². The fourth-order valence-electron chi connectivity index (χ4n) is 2.54. The minimum atomic E-state index is -0.361. The van der Waals surface area contributed by atoms with E-state index in [0.29, 0.717) is 17.8 Å². The molecule has 0 aliphatic heterocycles. The van der Waals surface area contributed by atoms with Crippen molar-refractivity contribution in [3.05, 3.63) is 58.1 Å². The van der Waals surface area contributed by atoms with Crippen molar-refractivity contribution >= 4 is 33.3 Å². The minimum absolute atomic E-state index is 0.0342. The predicted molar refractivity (Wildman–Crippen MR) is 107 cm³/mol. The molecule has 6 heteroatoms. The van der Waals surface area contributed by atoms with E-state index in [0.717, 1.165) is 15.8 Å². The molecule has 2 aromatic carbocycles. The molecule has 138 valence electrons. The Morgan fingerprint density at radius 3 is 2.62 bits per heavy atom. The van der Waals surface area contributed by atoms with Crippen LogP contribution in [-0.2, 0) is 11.3 Å². The van der Waals surface area contributed by atoms with Gasteiger partial charge in [-0.2, -0.15) is 0 Å². The number of methoxy groups -OCH3 is 1. The Bertz CT molecular complexity index is 807. The van der Waals surface area contributed by atoms with Crippen molar-refractivity contribution in [2.45, 2.75) is 26.4 Å². The number of anilines is 1. The van der Waals surface area contributed by atoms with Gasteiger partial charge in [0.25, 0.3) is 0 Å². The molecule has 0 heterocycles. The second kappa shape index (κ2) is 8.96. The first-order valence-corrected chi connectivity index (χ1v) is 9.05. The molecule has 1 amide bonds. The van der Waals surface area contributed by atoms with Gasteiger partial charge in [0.1, 0.15) is 5.75 Å². The molecule has 0 saturated carbocycles. The first-order chi connectivity index (χ1) is 12.3. The van der Waals surface area contributed by atoms with E-state index < -0.39 is 0 Å². The Labute approximate surface area is 162 Å². The Balaban J connectivity index is 2.07. The van der Waals surface area contributed by atoms with Crippen molar-refractivity contribution in [3.63, 3.8) is 0 Å². The summed E-state index contributed by atoms with van der Waals surface area (Å²) in [5.74, 6) is 0.608. The lowest BCUT2D eigenvalue weighted by atomic mass is 10.1. The summed E-state index contributed by atoms with van der Waals surface area (Å²) in [5, 5.41) is 2.87. The fraction of sp³-hybridized carbons (Fsp3) is 0.300. The van der Waals surface area contributed by atoms with Gasteiger partial charge in [-0.25, -0.2) is 0 Å². The predicted octanol–water partition coefficient (Wildman–Crippen LogP) is 4.12. The van der Waals surface area contributed by atoms with E-state index in [4.69, 9.17) is 4.74 Å². The van der Waals surface area contributed by atoms with Crippen LogP contribution in [0.5, 0.6) is 5.75 Å². The van der Waals surface area contributed by atoms with Gasteiger partial charge in [-0.3, -0.25) is 14.5 Å². The maximum Gasteiger partial charge on any atom is 0.241 e. The zero-order chi connectivity index (χ0) is 19.3. The summed E-state index contributed by atoms with van der Waals surface area (Å²) < 4.78 is 6.35. The minimum Gasteiger partial charge on any atom is -0.496 e. The van der Waals surface area contributed by atoms with Crippen LogP contribution in [0.2, 0.25) is 0 Å². The van der Waals surface area contributed by atoms with Crippen molar-refractivity contribution in [1.82, 2.24) is 4.90 Å².